The zero-order valence-corrected chi connectivity index (χ0v) is 15.0. The molecular formula is C18H23N5O3. The number of benzene rings is 1. The molecule has 1 aliphatic heterocycles. The highest BCUT2D eigenvalue weighted by molar-refractivity contribution is 5.99. The second-order valence-electron chi connectivity index (χ2n) is 6.26. The van der Waals surface area contributed by atoms with Crippen LogP contribution in [0.25, 0.3) is 0 Å². The van der Waals surface area contributed by atoms with Crippen molar-refractivity contribution in [2.24, 2.45) is 7.05 Å². The summed E-state index contributed by atoms with van der Waals surface area (Å²) in [6, 6.07) is 7.69. The third-order valence-electron chi connectivity index (χ3n) is 4.21. The molecule has 0 spiro atoms. The Hall–Kier alpha value is -2.87. The first-order valence-corrected chi connectivity index (χ1v) is 8.49. The van der Waals surface area contributed by atoms with E-state index in [0.717, 1.165) is 32.0 Å². The molecule has 2 aromatic rings. The van der Waals surface area contributed by atoms with E-state index in [2.05, 4.69) is 15.3 Å². The highest BCUT2D eigenvalue weighted by Crippen LogP contribution is 2.19. The standard InChI is InChI=1S/C18H23N5O3/c1-21(18(25)14-11-19-22(2)12-14)13-17(24)20-15-3-5-16(6-4-15)23-7-9-26-10-8-23/h3-6,11-12H,7-10,13H2,1-2H3,(H,20,24). The Morgan fingerprint density at radius 3 is 2.54 bits per heavy atom. The zero-order chi connectivity index (χ0) is 18.5. The van der Waals surface area contributed by atoms with Gasteiger partial charge in [-0.15, -0.1) is 0 Å². The van der Waals surface area contributed by atoms with Crippen molar-refractivity contribution in [1.29, 1.82) is 0 Å². The maximum Gasteiger partial charge on any atom is 0.257 e. The third kappa shape index (κ3) is 4.40. The minimum absolute atomic E-state index is 0.0288. The predicted octanol–water partition coefficient (Wildman–Crippen LogP) is 0.967. The molecule has 0 atom stereocenters. The monoisotopic (exact) mass is 357 g/mol. The lowest BCUT2D eigenvalue weighted by Crippen LogP contribution is -2.36. The van der Waals surface area contributed by atoms with Crippen molar-refractivity contribution in [3.8, 4) is 0 Å². The van der Waals surface area contributed by atoms with Gasteiger partial charge < -0.3 is 19.9 Å². The molecule has 1 fully saturated rings. The van der Waals surface area contributed by atoms with Gasteiger partial charge in [-0.25, -0.2) is 0 Å². The molecule has 138 valence electrons. The summed E-state index contributed by atoms with van der Waals surface area (Å²) in [5.74, 6) is -0.486. The first-order chi connectivity index (χ1) is 12.5. The second kappa shape index (κ2) is 8.01. The number of anilines is 2. The Labute approximate surface area is 152 Å². The number of carbonyl (C=O) groups is 2. The Kier molecular flexibility index (Phi) is 5.52. The SMILES string of the molecule is CN(CC(=O)Nc1ccc(N2CCOCC2)cc1)C(=O)c1cnn(C)c1. The van der Waals surface area contributed by atoms with Gasteiger partial charge in [-0.3, -0.25) is 14.3 Å². The summed E-state index contributed by atoms with van der Waals surface area (Å²) in [4.78, 5) is 28.1. The van der Waals surface area contributed by atoms with E-state index >= 15 is 0 Å². The molecule has 1 aromatic carbocycles. The first-order valence-electron chi connectivity index (χ1n) is 8.49. The number of hydrogen-bond acceptors (Lipinski definition) is 5. The number of nitrogens with zero attached hydrogens (tertiary/aromatic N) is 4. The van der Waals surface area contributed by atoms with Gasteiger partial charge in [0.1, 0.15) is 0 Å². The number of likely N-dealkylation sites (N-methyl/N-ethyl adjacent to an activating group) is 1. The van der Waals surface area contributed by atoms with E-state index < -0.39 is 0 Å². The maximum absolute atomic E-state index is 12.2. The second-order valence-corrected chi connectivity index (χ2v) is 6.26. The van der Waals surface area contributed by atoms with Crippen molar-refractivity contribution >= 4 is 23.2 Å². The van der Waals surface area contributed by atoms with Crippen molar-refractivity contribution in [3.63, 3.8) is 0 Å². The lowest BCUT2D eigenvalue weighted by atomic mass is 10.2. The molecule has 0 radical (unpaired) electrons. The van der Waals surface area contributed by atoms with Crippen LogP contribution in [-0.4, -0.2) is 66.4 Å². The van der Waals surface area contributed by atoms with E-state index in [1.807, 2.05) is 24.3 Å². The van der Waals surface area contributed by atoms with Gasteiger partial charge >= 0.3 is 0 Å². The normalized spacial score (nSPS) is 14.2. The third-order valence-corrected chi connectivity index (χ3v) is 4.21. The molecule has 2 amide bonds. The van der Waals surface area contributed by atoms with Gasteiger partial charge in [-0.05, 0) is 24.3 Å². The molecule has 8 heteroatoms. The van der Waals surface area contributed by atoms with Crippen LogP contribution in [0.1, 0.15) is 10.4 Å². The lowest BCUT2D eigenvalue weighted by Gasteiger charge is -2.28. The molecular weight excluding hydrogens is 334 g/mol. The largest absolute Gasteiger partial charge is 0.378 e. The predicted molar refractivity (Wildman–Crippen MR) is 98.3 cm³/mol. The van der Waals surface area contributed by atoms with Crippen LogP contribution in [0.15, 0.2) is 36.7 Å². The quantitative estimate of drug-likeness (QED) is 0.862. The Morgan fingerprint density at radius 2 is 1.92 bits per heavy atom. The number of amides is 2. The molecule has 26 heavy (non-hydrogen) atoms. The number of rotatable bonds is 5. The van der Waals surface area contributed by atoms with Crippen molar-refractivity contribution in [2.45, 2.75) is 0 Å². The first kappa shape index (κ1) is 17.9. The summed E-state index contributed by atoms with van der Waals surface area (Å²) in [6.45, 7) is 3.17. The van der Waals surface area contributed by atoms with Crippen LogP contribution in [0.2, 0.25) is 0 Å². The summed E-state index contributed by atoms with van der Waals surface area (Å²) in [7, 11) is 3.33. The average Bonchev–Trinajstić information content (AvgIpc) is 3.08. The Balaban J connectivity index is 1.53. The highest BCUT2D eigenvalue weighted by atomic mass is 16.5. The van der Waals surface area contributed by atoms with Crippen LogP contribution >= 0.6 is 0 Å². The molecule has 0 unspecified atom stereocenters. The number of nitrogens with one attached hydrogen (secondary N) is 1. The molecule has 1 aliphatic rings. The van der Waals surface area contributed by atoms with Crippen molar-refractivity contribution in [1.82, 2.24) is 14.7 Å². The van der Waals surface area contributed by atoms with E-state index in [1.54, 1.807) is 25.0 Å². The van der Waals surface area contributed by atoms with E-state index in [0.29, 0.717) is 11.3 Å². The van der Waals surface area contributed by atoms with E-state index in [4.69, 9.17) is 4.74 Å². The van der Waals surface area contributed by atoms with E-state index in [9.17, 15) is 9.59 Å². The fourth-order valence-electron chi connectivity index (χ4n) is 2.82. The van der Waals surface area contributed by atoms with Gasteiger partial charge in [-0.1, -0.05) is 0 Å². The topological polar surface area (TPSA) is 79.7 Å². The number of hydrogen-bond donors (Lipinski definition) is 1. The zero-order valence-electron chi connectivity index (χ0n) is 15.0. The fourth-order valence-corrected chi connectivity index (χ4v) is 2.82. The van der Waals surface area contributed by atoms with E-state index in [-0.39, 0.29) is 18.4 Å². The van der Waals surface area contributed by atoms with E-state index in [1.165, 1.54) is 11.1 Å². The molecule has 1 aromatic heterocycles. The summed E-state index contributed by atoms with van der Waals surface area (Å²) in [5.41, 5.74) is 2.27. The number of aryl methyl sites for hydroxylation is 1. The molecule has 0 bridgehead atoms. The number of carbonyl (C=O) groups excluding carboxylic acids is 2. The molecule has 0 aliphatic carbocycles. The molecule has 2 heterocycles. The van der Waals surface area contributed by atoms with Crippen molar-refractivity contribution in [2.75, 3.05) is 50.1 Å². The van der Waals surface area contributed by atoms with Crippen LogP contribution in [0.4, 0.5) is 11.4 Å². The van der Waals surface area contributed by atoms with Crippen molar-refractivity contribution < 1.29 is 14.3 Å². The maximum atomic E-state index is 12.2. The highest BCUT2D eigenvalue weighted by Gasteiger charge is 2.16. The van der Waals surface area contributed by atoms with Gasteiger partial charge in [0.25, 0.3) is 5.91 Å². The van der Waals surface area contributed by atoms with Crippen LogP contribution < -0.4 is 10.2 Å². The minimum atomic E-state index is -0.246. The van der Waals surface area contributed by atoms with Gasteiger partial charge in [0.15, 0.2) is 0 Å². The molecule has 1 saturated heterocycles. The van der Waals surface area contributed by atoms with Crippen LogP contribution in [0, 0.1) is 0 Å². The van der Waals surface area contributed by atoms with Gasteiger partial charge in [-0.2, -0.15) is 5.10 Å². The van der Waals surface area contributed by atoms with Crippen molar-refractivity contribution in [3.05, 3.63) is 42.2 Å². The molecule has 3 rings (SSSR count). The summed E-state index contributed by atoms with van der Waals surface area (Å²) >= 11 is 0. The van der Waals surface area contributed by atoms with Gasteiger partial charge in [0.2, 0.25) is 5.91 Å². The smallest absolute Gasteiger partial charge is 0.257 e. The Bertz CT molecular complexity index is 765. The van der Waals surface area contributed by atoms with Gasteiger partial charge in [0.05, 0.1) is 31.5 Å². The fraction of sp³-hybridized carbons (Fsp3) is 0.389. The van der Waals surface area contributed by atoms with Crippen LogP contribution in [-0.2, 0) is 16.6 Å². The van der Waals surface area contributed by atoms with Gasteiger partial charge in [0, 0.05) is 44.8 Å². The lowest BCUT2D eigenvalue weighted by molar-refractivity contribution is -0.116. The number of aromatic nitrogens is 2. The van der Waals surface area contributed by atoms with Crippen LogP contribution in [0.5, 0.6) is 0 Å². The Morgan fingerprint density at radius 1 is 1.23 bits per heavy atom. The number of morpholine rings is 1. The number of ether oxygens (including phenoxy) is 1. The molecule has 0 saturated carbocycles. The summed E-state index contributed by atoms with van der Waals surface area (Å²) < 4.78 is 6.90. The summed E-state index contributed by atoms with van der Waals surface area (Å²) in [6.07, 6.45) is 3.11. The molecule has 8 nitrogen and oxygen atoms in total. The summed E-state index contributed by atoms with van der Waals surface area (Å²) in [5, 5.41) is 6.79. The molecule has 1 N–H and O–H groups in total. The average molecular weight is 357 g/mol. The minimum Gasteiger partial charge on any atom is -0.378 e. The van der Waals surface area contributed by atoms with Crippen LogP contribution in [0.3, 0.4) is 0 Å².